The van der Waals surface area contributed by atoms with Crippen LogP contribution in [0.25, 0.3) is 11.0 Å². The summed E-state index contributed by atoms with van der Waals surface area (Å²) in [7, 11) is 0. The first-order valence-electron chi connectivity index (χ1n) is 8.49. The van der Waals surface area contributed by atoms with Crippen LogP contribution in [0.15, 0.2) is 40.8 Å². The van der Waals surface area contributed by atoms with Gasteiger partial charge < -0.3 is 14.5 Å². The minimum absolute atomic E-state index is 0.239. The predicted molar refractivity (Wildman–Crippen MR) is 100 cm³/mol. The third kappa shape index (κ3) is 3.30. The van der Waals surface area contributed by atoms with E-state index in [4.69, 9.17) is 9.15 Å². The number of carbonyl (C=O) groups is 1. The minimum Gasteiger partial charge on any atom is -0.450 e. The van der Waals surface area contributed by atoms with Gasteiger partial charge in [0.2, 0.25) is 0 Å². The molecular formula is C21H23NO3. The van der Waals surface area contributed by atoms with Gasteiger partial charge in [0.05, 0.1) is 6.61 Å². The average Bonchev–Trinajstić information content (AvgIpc) is 2.96. The van der Waals surface area contributed by atoms with Gasteiger partial charge in [0.25, 0.3) is 5.91 Å². The fourth-order valence-corrected chi connectivity index (χ4v) is 3.05. The third-order valence-electron chi connectivity index (χ3n) is 4.42. The van der Waals surface area contributed by atoms with Gasteiger partial charge in [0.1, 0.15) is 5.58 Å². The molecular weight excluding hydrogens is 314 g/mol. The van der Waals surface area contributed by atoms with Crippen molar-refractivity contribution in [1.29, 1.82) is 0 Å². The van der Waals surface area contributed by atoms with Gasteiger partial charge in [-0.1, -0.05) is 30.3 Å². The standard InChI is InChI=1S/C21H23NO3/c1-5-24-12-16-8-6-7-9-17(16)22-21(23)20-15(4)18-13(2)10-11-14(3)19(18)25-20/h6-11H,5,12H2,1-4H3,(H,22,23). The highest BCUT2D eigenvalue weighted by Gasteiger charge is 2.20. The molecule has 0 spiro atoms. The summed E-state index contributed by atoms with van der Waals surface area (Å²) in [6.07, 6.45) is 0. The molecule has 3 rings (SSSR count). The van der Waals surface area contributed by atoms with Crippen LogP contribution in [0, 0.1) is 20.8 Å². The monoisotopic (exact) mass is 337 g/mol. The number of fused-ring (bicyclic) bond motifs is 1. The van der Waals surface area contributed by atoms with Crippen molar-refractivity contribution in [2.24, 2.45) is 0 Å². The van der Waals surface area contributed by atoms with Crippen LogP contribution in [0.1, 0.15) is 39.7 Å². The number of benzene rings is 2. The number of amides is 1. The summed E-state index contributed by atoms with van der Waals surface area (Å²) in [6.45, 7) is 8.99. The van der Waals surface area contributed by atoms with E-state index in [0.717, 1.165) is 38.9 Å². The third-order valence-corrected chi connectivity index (χ3v) is 4.42. The molecule has 0 aliphatic rings. The van der Waals surface area contributed by atoms with E-state index in [0.29, 0.717) is 19.0 Å². The molecule has 1 aromatic heterocycles. The zero-order chi connectivity index (χ0) is 18.0. The molecule has 0 fully saturated rings. The number of hydrogen-bond donors (Lipinski definition) is 1. The Morgan fingerprint density at radius 3 is 2.52 bits per heavy atom. The highest BCUT2D eigenvalue weighted by Crippen LogP contribution is 2.31. The second-order valence-electron chi connectivity index (χ2n) is 6.21. The first-order chi connectivity index (χ1) is 12.0. The largest absolute Gasteiger partial charge is 0.450 e. The van der Waals surface area contributed by atoms with Gasteiger partial charge >= 0.3 is 0 Å². The number of furan rings is 1. The highest BCUT2D eigenvalue weighted by atomic mass is 16.5. The fraction of sp³-hybridized carbons (Fsp3) is 0.286. The number of para-hydroxylation sites is 1. The van der Waals surface area contributed by atoms with Crippen molar-refractivity contribution in [1.82, 2.24) is 0 Å². The van der Waals surface area contributed by atoms with E-state index in [1.807, 2.05) is 58.0 Å². The van der Waals surface area contributed by atoms with E-state index in [9.17, 15) is 4.79 Å². The smallest absolute Gasteiger partial charge is 0.291 e. The number of anilines is 1. The van der Waals surface area contributed by atoms with Crippen molar-refractivity contribution >= 4 is 22.6 Å². The van der Waals surface area contributed by atoms with Crippen LogP contribution < -0.4 is 5.32 Å². The van der Waals surface area contributed by atoms with Gasteiger partial charge in [0, 0.05) is 28.8 Å². The lowest BCUT2D eigenvalue weighted by atomic mass is 10.0. The maximum Gasteiger partial charge on any atom is 0.291 e. The summed E-state index contributed by atoms with van der Waals surface area (Å²) in [5.74, 6) is 0.120. The molecule has 4 heteroatoms. The van der Waals surface area contributed by atoms with Crippen LogP contribution in [0.4, 0.5) is 5.69 Å². The Labute approximate surface area is 147 Å². The molecule has 130 valence electrons. The number of aryl methyl sites for hydroxylation is 3. The topological polar surface area (TPSA) is 51.5 Å². The van der Waals surface area contributed by atoms with Gasteiger partial charge in [-0.05, 0) is 44.9 Å². The van der Waals surface area contributed by atoms with E-state index in [2.05, 4.69) is 11.4 Å². The van der Waals surface area contributed by atoms with Crippen LogP contribution in [0.5, 0.6) is 0 Å². The number of ether oxygens (including phenoxy) is 1. The molecule has 25 heavy (non-hydrogen) atoms. The lowest BCUT2D eigenvalue weighted by molar-refractivity contribution is 0.0997. The number of rotatable bonds is 5. The first-order valence-corrected chi connectivity index (χ1v) is 8.49. The SMILES string of the molecule is CCOCc1ccccc1NC(=O)c1oc2c(C)ccc(C)c2c1C. The van der Waals surface area contributed by atoms with Crippen LogP contribution >= 0.6 is 0 Å². The quantitative estimate of drug-likeness (QED) is 0.701. The molecule has 0 aliphatic heterocycles. The zero-order valence-corrected chi connectivity index (χ0v) is 15.1. The Bertz CT molecular complexity index is 924. The lowest BCUT2D eigenvalue weighted by Crippen LogP contribution is -2.14. The fourth-order valence-electron chi connectivity index (χ4n) is 3.05. The number of hydrogen-bond acceptors (Lipinski definition) is 3. The Hall–Kier alpha value is -2.59. The van der Waals surface area contributed by atoms with Gasteiger partial charge in [0.15, 0.2) is 5.76 Å². The normalized spacial score (nSPS) is 11.0. The van der Waals surface area contributed by atoms with Gasteiger partial charge in [-0.15, -0.1) is 0 Å². The van der Waals surface area contributed by atoms with Crippen LogP contribution in [-0.2, 0) is 11.3 Å². The summed E-state index contributed by atoms with van der Waals surface area (Å²) < 4.78 is 11.4. The lowest BCUT2D eigenvalue weighted by Gasteiger charge is -2.10. The molecule has 0 bridgehead atoms. The summed E-state index contributed by atoms with van der Waals surface area (Å²) in [4.78, 5) is 12.8. The predicted octanol–water partition coefficient (Wildman–Crippen LogP) is 5.15. The molecule has 0 aliphatic carbocycles. The maximum absolute atomic E-state index is 12.8. The second kappa shape index (κ2) is 7.11. The Morgan fingerprint density at radius 1 is 1.08 bits per heavy atom. The average molecular weight is 337 g/mol. The van der Waals surface area contributed by atoms with Crippen LogP contribution in [0.2, 0.25) is 0 Å². The molecule has 0 atom stereocenters. The summed E-state index contributed by atoms with van der Waals surface area (Å²) in [6, 6.07) is 11.7. The molecule has 0 saturated carbocycles. The zero-order valence-electron chi connectivity index (χ0n) is 15.1. The van der Waals surface area contributed by atoms with Crippen molar-refractivity contribution < 1.29 is 13.9 Å². The molecule has 1 heterocycles. The Morgan fingerprint density at radius 2 is 1.80 bits per heavy atom. The maximum atomic E-state index is 12.8. The minimum atomic E-state index is -0.239. The van der Waals surface area contributed by atoms with E-state index in [-0.39, 0.29) is 5.91 Å². The Kier molecular flexibility index (Phi) is 4.91. The van der Waals surface area contributed by atoms with Gasteiger partial charge in [-0.25, -0.2) is 0 Å². The van der Waals surface area contributed by atoms with Gasteiger partial charge in [-0.3, -0.25) is 4.79 Å². The van der Waals surface area contributed by atoms with E-state index in [1.165, 1.54) is 0 Å². The molecule has 1 amide bonds. The molecule has 0 radical (unpaired) electrons. The number of nitrogens with one attached hydrogen (secondary N) is 1. The van der Waals surface area contributed by atoms with Crippen molar-refractivity contribution in [3.63, 3.8) is 0 Å². The summed E-state index contributed by atoms with van der Waals surface area (Å²) >= 11 is 0. The highest BCUT2D eigenvalue weighted by molar-refractivity contribution is 6.07. The molecule has 0 unspecified atom stereocenters. The molecule has 1 N–H and O–H groups in total. The van der Waals surface area contributed by atoms with Crippen LogP contribution in [0.3, 0.4) is 0 Å². The molecule has 2 aromatic carbocycles. The van der Waals surface area contributed by atoms with Crippen molar-refractivity contribution in [2.75, 3.05) is 11.9 Å². The second-order valence-corrected chi connectivity index (χ2v) is 6.21. The van der Waals surface area contributed by atoms with Crippen molar-refractivity contribution in [3.8, 4) is 0 Å². The van der Waals surface area contributed by atoms with Crippen molar-refractivity contribution in [3.05, 3.63) is 64.4 Å². The van der Waals surface area contributed by atoms with E-state index < -0.39 is 0 Å². The molecule has 4 nitrogen and oxygen atoms in total. The molecule has 3 aromatic rings. The first kappa shape index (κ1) is 17.2. The summed E-state index contributed by atoms with van der Waals surface area (Å²) in [5.41, 5.74) is 5.48. The molecule has 0 saturated heterocycles. The van der Waals surface area contributed by atoms with Gasteiger partial charge in [-0.2, -0.15) is 0 Å². The number of carbonyl (C=O) groups excluding carboxylic acids is 1. The summed E-state index contributed by atoms with van der Waals surface area (Å²) in [5, 5.41) is 3.98. The van der Waals surface area contributed by atoms with E-state index in [1.54, 1.807) is 0 Å². The Balaban J connectivity index is 1.95. The van der Waals surface area contributed by atoms with E-state index >= 15 is 0 Å². The van der Waals surface area contributed by atoms with Crippen molar-refractivity contribution in [2.45, 2.75) is 34.3 Å². The van der Waals surface area contributed by atoms with Crippen LogP contribution in [-0.4, -0.2) is 12.5 Å².